The third kappa shape index (κ3) is 3.17. The molecule has 4 heteroatoms. The highest BCUT2D eigenvalue weighted by molar-refractivity contribution is 5.25. The van der Waals surface area contributed by atoms with E-state index in [0.29, 0.717) is 23.7 Å². The van der Waals surface area contributed by atoms with E-state index in [2.05, 4.69) is 19.9 Å². The molecule has 160 valence electrons. The number of hydrogen-bond donors (Lipinski definition) is 2. The Labute approximate surface area is 168 Å². The Balaban J connectivity index is 1.55. The second-order valence-electron chi connectivity index (χ2n) is 11.1. The third-order valence-corrected chi connectivity index (χ3v) is 9.69. The van der Waals surface area contributed by atoms with Gasteiger partial charge in [-0.3, -0.25) is 0 Å². The molecule has 0 amide bonds. The van der Waals surface area contributed by atoms with E-state index in [0.717, 1.165) is 38.5 Å². The standard InChI is InChI=1S/C24H38F2O2/c1-15(13-24(25,26)14-27)19-6-7-20-18-5-4-16-12-17(28)8-10-22(16,2)21(18)9-11-23(19,20)3/h4,15,17-21,27-28H,5-14H2,1-3H3/t15?,17-,18?,19+,20?,21?,22-,23+/m0/s1. The Kier molecular flexibility index (Phi) is 5.23. The minimum Gasteiger partial charge on any atom is -0.393 e. The van der Waals surface area contributed by atoms with Gasteiger partial charge in [-0.05, 0) is 91.8 Å². The monoisotopic (exact) mass is 396 g/mol. The lowest BCUT2D eigenvalue weighted by molar-refractivity contribution is -0.0900. The zero-order valence-electron chi connectivity index (χ0n) is 17.8. The molecule has 2 nitrogen and oxygen atoms in total. The zero-order valence-corrected chi connectivity index (χ0v) is 17.8. The van der Waals surface area contributed by atoms with Crippen LogP contribution in [0.4, 0.5) is 8.78 Å². The van der Waals surface area contributed by atoms with E-state index in [1.807, 2.05) is 6.92 Å². The van der Waals surface area contributed by atoms with E-state index >= 15 is 0 Å². The molecule has 0 bridgehead atoms. The molecule has 0 aromatic carbocycles. The van der Waals surface area contributed by atoms with Gasteiger partial charge >= 0.3 is 0 Å². The van der Waals surface area contributed by atoms with E-state index in [1.54, 1.807) is 0 Å². The summed E-state index contributed by atoms with van der Waals surface area (Å²) in [6.45, 7) is 5.76. The first kappa shape index (κ1) is 20.8. The van der Waals surface area contributed by atoms with Crippen LogP contribution in [0.25, 0.3) is 0 Å². The Morgan fingerprint density at radius 1 is 1.14 bits per heavy atom. The average Bonchev–Trinajstić information content (AvgIpc) is 2.99. The Morgan fingerprint density at radius 3 is 2.61 bits per heavy atom. The van der Waals surface area contributed by atoms with Crippen LogP contribution in [0.3, 0.4) is 0 Å². The van der Waals surface area contributed by atoms with E-state index in [4.69, 9.17) is 5.11 Å². The van der Waals surface area contributed by atoms with Gasteiger partial charge < -0.3 is 10.2 Å². The average molecular weight is 397 g/mol. The van der Waals surface area contributed by atoms with Crippen molar-refractivity contribution in [3.8, 4) is 0 Å². The van der Waals surface area contributed by atoms with Crippen molar-refractivity contribution in [3.63, 3.8) is 0 Å². The second-order valence-corrected chi connectivity index (χ2v) is 11.1. The number of rotatable bonds is 4. The van der Waals surface area contributed by atoms with Crippen LogP contribution in [-0.2, 0) is 0 Å². The first-order valence-electron chi connectivity index (χ1n) is 11.5. The molecule has 2 N–H and O–H groups in total. The summed E-state index contributed by atoms with van der Waals surface area (Å²) in [7, 11) is 0. The molecule has 0 radical (unpaired) electrons. The lowest BCUT2D eigenvalue weighted by Crippen LogP contribution is -2.51. The fourth-order valence-electron chi connectivity index (χ4n) is 8.29. The second kappa shape index (κ2) is 7.04. The number of fused-ring (bicyclic) bond motifs is 5. The van der Waals surface area contributed by atoms with Gasteiger partial charge in [-0.25, -0.2) is 8.78 Å². The summed E-state index contributed by atoms with van der Waals surface area (Å²) in [5, 5.41) is 19.2. The van der Waals surface area contributed by atoms with Crippen molar-refractivity contribution in [1.82, 2.24) is 0 Å². The van der Waals surface area contributed by atoms with E-state index in [1.165, 1.54) is 18.4 Å². The van der Waals surface area contributed by atoms with E-state index in [-0.39, 0.29) is 29.3 Å². The molecule has 0 aliphatic heterocycles. The molecule has 4 aliphatic carbocycles. The topological polar surface area (TPSA) is 40.5 Å². The van der Waals surface area contributed by atoms with Gasteiger partial charge in [-0.2, -0.15) is 0 Å². The SMILES string of the molecule is CC(CC(F)(F)CO)[C@H]1CCC2C3CC=C4C[C@@H](O)CC[C@]4(C)C3CC[C@@]21C. The molecule has 28 heavy (non-hydrogen) atoms. The van der Waals surface area contributed by atoms with Gasteiger partial charge in [0.1, 0.15) is 6.61 Å². The molecule has 0 aromatic rings. The Bertz CT molecular complexity index is 632. The predicted octanol–water partition coefficient (Wildman–Crippen LogP) is 5.58. The molecule has 3 fully saturated rings. The van der Waals surface area contributed by atoms with Crippen molar-refractivity contribution >= 4 is 0 Å². The fourth-order valence-corrected chi connectivity index (χ4v) is 8.29. The highest BCUT2D eigenvalue weighted by Crippen LogP contribution is 2.67. The molecule has 4 rings (SSSR count). The molecule has 8 atom stereocenters. The fraction of sp³-hybridized carbons (Fsp3) is 0.917. The van der Waals surface area contributed by atoms with Crippen molar-refractivity contribution in [1.29, 1.82) is 0 Å². The van der Waals surface area contributed by atoms with Crippen molar-refractivity contribution in [2.24, 2.45) is 40.4 Å². The van der Waals surface area contributed by atoms with Gasteiger partial charge in [0.2, 0.25) is 0 Å². The number of allylic oxidation sites excluding steroid dienone is 1. The smallest absolute Gasteiger partial charge is 0.270 e. The van der Waals surface area contributed by atoms with Crippen LogP contribution >= 0.6 is 0 Å². The maximum absolute atomic E-state index is 13.9. The predicted molar refractivity (Wildman–Crippen MR) is 107 cm³/mol. The molecular weight excluding hydrogens is 358 g/mol. The van der Waals surface area contributed by atoms with Gasteiger partial charge in [0.25, 0.3) is 5.92 Å². The Morgan fingerprint density at radius 2 is 1.89 bits per heavy atom. The number of aliphatic hydroxyl groups is 2. The normalized spacial score (nSPS) is 47.0. The lowest BCUT2D eigenvalue weighted by Gasteiger charge is -2.58. The Hall–Kier alpha value is -0.480. The summed E-state index contributed by atoms with van der Waals surface area (Å²) in [6.07, 6.45) is 10.6. The van der Waals surface area contributed by atoms with Gasteiger partial charge in [0, 0.05) is 6.42 Å². The summed E-state index contributed by atoms with van der Waals surface area (Å²) in [5.41, 5.74) is 1.88. The van der Waals surface area contributed by atoms with Crippen LogP contribution in [0.5, 0.6) is 0 Å². The van der Waals surface area contributed by atoms with E-state index < -0.39 is 12.5 Å². The first-order valence-corrected chi connectivity index (χ1v) is 11.5. The van der Waals surface area contributed by atoms with Crippen molar-refractivity contribution in [2.45, 2.75) is 90.6 Å². The number of halogens is 2. The van der Waals surface area contributed by atoms with E-state index in [9.17, 15) is 13.9 Å². The first-order chi connectivity index (χ1) is 13.1. The highest BCUT2D eigenvalue weighted by Gasteiger charge is 2.59. The third-order valence-electron chi connectivity index (χ3n) is 9.69. The summed E-state index contributed by atoms with van der Waals surface area (Å²) in [5.74, 6) is -0.692. The molecule has 0 aromatic heterocycles. The summed E-state index contributed by atoms with van der Waals surface area (Å²) in [6, 6.07) is 0. The molecule has 4 unspecified atom stereocenters. The summed E-state index contributed by atoms with van der Waals surface area (Å²) < 4.78 is 27.7. The number of hydrogen-bond acceptors (Lipinski definition) is 2. The van der Waals surface area contributed by atoms with Crippen molar-refractivity contribution in [2.75, 3.05) is 6.61 Å². The van der Waals surface area contributed by atoms with Crippen LogP contribution in [0.2, 0.25) is 0 Å². The molecule has 4 aliphatic rings. The minimum absolute atomic E-state index is 0.0520. The molecule has 0 heterocycles. The zero-order chi connectivity index (χ0) is 20.3. The lowest BCUT2D eigenvalue weighted by atomic mass is 9.47. The molecule has 0 saturated heterocycles. The molecule has 0 spiro atoms. The van der Waals surface area contributed by atoms with Gasteiger partial charge in [-0.15, -0.1) is 0 Å². The van der Waals surface area contributed by atoms with Gasteiger partial charge in [-0.1, -0.05) is 32.4 Å². The molecular formula is C24H38F2O2. The largest absolute Gasteiger partial charge is 0.393 e. The van der Waals surface area contributed by atoms with Crippen LogP contribution in [-0.4, -0.2) is 28.8 Å². The maximum Gasteiger partial charge on any atom is 0.270 e. The number of aliphatic hydroxyl groups excluding tert-OH is 2. The summed E-state index contributed by atoms with van der Waals surface area (Å²) >= 11 is 0. The van der Waals surface area contributed by atoms with Crippen LogP contribution in [0.1, 0.15) is 78.6 Å². The minimum atomic E-state index is -2.95. The van der Waals surface area contributed by atoms with Crippen LogP contribution in [0.15, 0.2) is 11.6 Å². The van der Waals surface area contributed by atoms with Gasteiger partial charge in [0.05, 0.1) is 6.10 Å². The summed E-state index contributed by atoms with van der Waals surface area (Å²) in [4.78, 5) is 0. The highest BCUT2D eigenvalue weighted by atomic mass is 19.3. The quantitative estimate of drug-likeness (QED) is 0.609. The van der Waals surface area contributed by atoms with Crippen LogP contribution < -0.4 is 0 Å². The maximum atomic E-state index is 13.9. The number of alkyl halides is 2. The van der Waals surface area contributed by atoms with Crippen LogP contribution in [0, 0.1) is 40.4 Å². The van der Waals surface area contributed by atoms with Crippen molar-refractivity contribution < 1.29 is 19.0 Å². The van der Waals surface area contributed by atoms with Crippen molar-refractivity contribution in [3.05, 3.63) is 11.6 Å². The van der Waals surface area contributed by atoms with Gasteiger partial charge in [0.15, 0.2) is 0 Å². The molecule has 3 saturated carbocycles.